The van der Waals surface area contributed by atoms with Crippen molar-refractivity contribution in [2.45, 2.75) is 19.3 Å². The molecule has 3 heteroatoms. The number of rotatable bonds is 1. The van der Waals surface area contributed by atoms with Crippen LogP contribution in [0.2, 0.25) is 0 Å². The van der Waals surface area contributed by atoms with Gasteiger partial charge in [0, 0.05) is 6.08 Å². The van der Waals surface area contributed by atoms with Crippen LogP contribution in [0.1, 0.15) is 19.3 Å². The summed E-state index contributed by atoms with van der Waals surface area (Å²) in [6.07, 6.45) is 4.80. The van der Waals surface area contributed by atoms with Crippen LogP contribution in [-0.4, -0.2) is 13.3 Å². The summed E-state index contributed by atoms with van der Waals surface area (Å²) < 4.78 is 31.1. The maximum absolute atomic E-state index is 13.1. The van der Waals surface area contributed by atoms with E-state index in [9.17, 15) is 8.78 Å². The number of halogens is 2. The molecule has 1 fully saturated rings. The van der Waals surface area contributed by atoms with E-state index in [-0.39, 0.29) is 5.83 Å². The van der Waals surface area contributed by atoms with Crippen molar-refractivity contribution >= 4 is 0 Å². The smallest absolute Gasteiger partial charge is 0.125 e. The molecule has 2 rings (SSSR count). The summed E-state index contributed by atoms with van der Waals surface area (Å²) >= 11 is 0. The molecule has 76 valence electrons. The van der Waals surface area contributed by atoms with E-state index in [1.165, 1.54) is 12.2 Å². The Bertz CT molecular complexity index is 326. The maximum Gasteiger partial charge on any atom is 0.125 e. The van der Waals surface area contributed by atoms with Crippen LogP contribution in [0.25, 0.3) is 0 Å². The lowest BCUT2D eigenvalue weighted by Crippen LogP contribution is -2.09. The fourth-order valence-corrected chi connectivity index (χ4v) is 1.78. The number of fused-ring (bicyclic) bond motifs is 1. The number of hydrogen-bond donors (Lipinski definition) is 0. The van der Waals surface area contributed by atoms with E-state index >= 15 is 0 Å². The first-order chi connectivity index (χ1) is 6.81. The Morgan fingerprint density at radius 3 is 3.07 bits per heavy atom. The number of hydrogen-bond acceptors (Lipinski definition) is 1. The van der Waals surface area contributed by atoms with E-state index in [0.29, 0.717) is 24.4 Å². The van der Waals surface area contributed by atoms with Gasteiger partial charge < -0.3 is 4.74 Å². The Hall–Kier alpha value is -1.12. The summed E-state index contributed by atoms with van der Waals surface area (Å²) in [7, 11) is 0. The minimum absolute atomic E-state index is 0.331. The highest BCUT2D eigenvalue weighted by Crippen LogP contribution is 2.31. The minimum atomic E-state index is -0.514. The highest BCUT2D eigenvalue weighted by molar-refractivity contribution is 5.40. The Balaban J connectivity index is 2.38. The number of allylic oxidation sites excluding steroid dienone is 5. The van der Waals surface area contributed by atoms with E-state index in [4.69, 9.17) is 4.74 Å². The molecular formula is C11H12F2O. The van der Waals surface area contributed by atoms with E-state index < -0.39 is 6.67 Å². The highest BCUT2D eigenvalue weighted by atomic mass is 19.1. The van der Waals surface area contributed by atoms with Crippen molar-refractivity contribution in [3.8, 4) is 0 Å². The van der Waals surface area contributed by atoms with Crippen LogP contribution in [-0.2, 0) is 4.74 Å². The zero-order chi connectivity index (χ0) is 9.97. The quantitative estimate of drug-likeness (QED) is 0.628. The average Bonchev–Trinajstić information content (AvgIpc) is 2.36. The predicted octanol–water partition coefficient (Wildman–Crippen LogP) is 3.20. The fraction of sp³-hybridized carbons (Fsp3) is 0.455. The molecule has 1 aliphatic heterocycles. The van der Waals surface area contributed by atoms with E-state index in [1.807, 2.05) is 0 Å². The predicted molar refractivity (Wildman–Crippen MR) is 50.1 cm³/mol. The van der Waals surface area contributed by atoms with Gasteiger partial charge in [-0.1, -0.05) is 0 Å². The molecular weight excluding hydrogens is 186 g/mol. The van der Waals surface area contributed by atoms with Gasteiger partial charge in [0.15, 0.2) is 0 Å². The first kappa shape index (κ1) is 9.44. The molecule has 0 spiro atoms. The summed E-state index contributed by atoms with van der Waals surface area (Å²) in [5.74, 6) is 0.193. The van der Waals surface area contributed by atoms with Gasteiger partial charge in [0.1, 0.15) is 18.3 Å². The molecule has 0 amide bonds. The standard InChI is InChI=1S/C11H12F2O/c12-7-8-3-4-9(13)6-11-10(8)2-1-5-14-11/h4,6H,1-3,5,7H2. The van der Waals surface area contributed by atoms with Crippen LogP contribution in [0, 0.1) is 0 Å². The zero-order valence-corrected chi connectivity index (χ0v) is 7.85. The summed E-state index contributed by atoms with van der Waals surface area (Å²) in [5.41, 5.74) is 1.52. The molecule has 0 bridgehead atoms. The van der Waals surface area contributed by atoms with Gasteiger partial charge in [-0.3, -0.25) is 0 Å². The van der Waals surface area contributed by atoms with Gasteiger partial charge in [0.05, 0.1) is 6.61 Å². The molecule has 1 saturated heterocycles. The molecule has 0 saturated carbocycles. The van der Waals surface area contributed by atoms with Gasteiger partial charge in [0.25, 0.3) is 0 Å². The lowest BCUT2D eigenvalue weighted by Gasteiger charge is -2.20. The van der Waals surface area contributed by atoms with Crippen molar-refractivity contribution in [3.63, 3.8) is 0 Å². The Labute approximate surface area is 81.8 Å². The second-order valence-corrected chi connectivity index (χ2v) is 3.47. The molecule has 1 aliphatic carbocycles. The zero-order valence-electron chi connectivity index (χ0n) is 7.85. The monoisotopic (exact) mass is 198 g/mol. The lowest BCUT2D eigenvalue weighted by atomic mass is 9.99. The van der Waals surface area contributed by atoms with Crippen LogP contribution >= 0.6 is 0 Å². The molecule has 0 radical (unpaired) electrons. The molecule has 0 atom stereocenters. The molecule has 14 heavy (non-hydrogen) atoms. The molecule has 0 aromatic rings. The molecule has 0 N–H and O–H groups in total. The molecule has 2 aliphatic rings. The number of ether oxygens (including phenoxy) is 1. The molecule has 1 heterocycles. The van der Waals surface area contributed by atoms with Crippen LogP contribution in [0.3, 0.4) is 0 Å². The molecule has 0 unspecified atom stereocenters. The summed E-state index contributed by atoms with van der Waals surface area (Å²) in [6, 6.07) is 0. The van der Waals surface area contributed by atoms with Crippen LogP contribution in [0.4, 0.5) is 8.78 Å². The van der Waals surface area contributed by atoms with Gasteiger partial charge in [-0.25, -0.2) is 8.78 Å². The van der Waals surface area contributed by atoms with Crippen LogP contribution < -0.4 is 0 Å². The third-order valence-corrected chi connectivity index (χ3v) is 2.53. The first-order valence-electron chi connectivity index (χ1n) is 4.78. The minimum Gasteiger partial charge on any atom is -0.493 e. The first-order valence-corrected chi connectivity index (χ1v) is 4.78. The normalized spacial score (nSPS) is 21.9. The van der Waals surface area contributed by atoms with E-state index in [0.717, 1.165) is 18.4 Å². The molecule has 0 aromatic heterocycles. The Morgan fingerprint density at radius 1 is 1.43 bits per heavy atom. The van der Waals surface area contributed by atoms with Crippen molar-refractivity contribution in [1.82, 2.24) is 0 Å². The van der Waals surface area contributed by atoms with Crippen molar-refractivity contribution in [2.24, 2.45) is 0 Å². The molecule has 0 aromatic carbocycles. The topological polar surface area (TPSA) is 9.23 Å². The van der Waals surface area contributed by atoms with E-state index in [1.54, 1.807) is 0 Å². The van der Waals surface area contributed by atoms with Crippen LogP contribution in [0.5, 0.6) is 0 Å². The van der Waals surface area contributed by atoms with Gasteiger partial charge in [0.2, 0.25) is 0 Å². The van der Waals surface area contributed by atoms with Gasteiger partial charge in [-0.05, 0) is 36.5 Å². The Morgan fingerprint density at radius 2 is 2.29 bits per heavy atom. The van der Waals surface area contributed by atoms with Crippen molar-refractivity contribution < 1.29 is 13.5 Å². The van der Waals surface area contributed by atoms with Gasteiger partial charge in [-0.2, -0.15) is 0 Å². The second kappa shape index (κ2) is 3.95. The number of alkyl halides is 1. The highest BCUT2D eigenvalue weighted by Gasteiger charge is 2.19. The van der Waals surface area contributed by atoms with Crippen molar-refractivity contribution in [3.05, 3.63) is 34.9 Å². The summed E-state index contributed by atoms with van der Waals surface area (Å²) in [5, 5.41) is 0. The fourth-order valence-electron chi connectivity index (χ4n) is 1.78. The third-order valence-electron chi connectivity index (χ3n) is 2.53. The summed E-state index contributed by atoms with van der Waals surface area (Å²) in [4.78, 5) is 0. The van der Waals surface area contributed by atoms with Crippen molar-refractivity contribution in [2.75, 3.05) is 13.3 Å². The largest absolute Gasteiger partial charge is 0.493 e. The molecule has 1 nitrogen and oxygen atoms in total. The van der Waals surface area contributed by atoms with Crippen LogP contribution in [0.15, 0.2) is 34.9 Å². The average molecular weight is 198 g/mol. The van der Waals surface area contributed by atoms with Gasteiger partial charge in [-0.15, -0.1) is 0 Å². The third kappa shape index (κ3) is 1.72. The van der Waals surface area contributed by atoms with Crippen molar-refractivity contribution in [1.29, 1.82) is 0 Å². The second-order valence-electron chi connectivity index (χ2n) is 3.47. The lowest BCUT2D eigenvalue weighted by molar-refractivity contribution is 0.192. The maximum atomic E-state index is 13.1. The Kier molecular flexibility index (Phi) is 2.66. The summed E-state index contributed by atoms with van der Waals surface area (Å²) in [6.45, 7) is 0.0853. The van der Waals surface area contributed by atoms with Gasteiger partial charge >= 0.3 is 0 Å². The SMILES string of the molecule is FCC1=C2CCCOC2=CC(F)=CC1. The van der Waals surface area contributed by atoms with E-state index in [2.05, 4.69) is 0 Å².